The maximum absolute atomic E-state index is 14.6. The summed E-state index contributed by atoms with van der Waals surface area (Å²) in [4.78, 5) is 11.8. The Morgan fingerprint density at radius 1 is 1.00 bits per heavy atom. The lowest BCUT2D eigenvalue weighted by molar-refractivity contribution is -0.118. The molecule has 30 heavy (non-hydrogen) atoms. The Bertz CT molecular complexity index is 1180. The van der Waals surface area contributed by atoms with Crippen molar-refractivity contribution in [1.29, 1.82) is 0 Å². The van der Waals surface area contributed by atoms with Crippen molar-refractivity contribution in [2.24, 2.45) is 5.73 Å². The van der Waals surface area contributed by atoms with Crippen LogP contribution >= 0.6 is 0 Å². The molecule has 0 saturated heterocycles. The Hall–Kier alpha value is -3.60. The van der Waals surface area contributed by atoms with E-state index in [1.54, 1.807) is 25.3 Å². The SMILES string of the molecule is COc1ccc(Cn2cc(C(CC(N)=O)c3ccccc3F)c3ccccc32)cc1. The third-order valence-electron chi connectivity index (χ3n) is 5.39. The summed E-state index contributed by atoms with van der Waals surface area (Å²) in [6, 6.07) is 22.4. The molecule has 1 atom stereocenters. The van der Waals surface area contributed by atoms with Gasteiger partial charge in [0, 0.05) is 36.0 Å². The first-order chi connectivity index (χ1) is 14.6. The predicted octanol–water partition coefficient (Wildman–Crippen LogP) is 4.84. The molecule has 2 N–H and O–H groups in total. The number of aromatic nitrogens is 1. The first-order valence-corrected chi connectivity index (χ1v) is 9.80. The zero-order valence-corrected chi connectivity index (χ0v) is 16.7. The van der Waals surface area contributed by atoms with Gasteiger partial charge in [-0.1, -0.05) is 48.5 Å². The van der Waals surface area contributed by atoms with Crippen molar-refractivity contribution in [2.75, 3.05) is 7.11 Å². The molecule has 0 fully saturated rings. The van der Waals surface area contributed by atoms with Crippen LogP contribution in [0.2, 0.25) is 0 Å². The van der Waals surface area contributed by atoms with Gasteiger partial charge in [-0.2, -0.15) is 0 Å². The minimum absolute atomic E-state index is 0.0392. The summed E-state index contributed by atoms with van der Waals surface area (Å²) in [5.41, 5.74) is 9.04. The Labute approximate surface area is 174 Å². The van der Waals surface area contributed by atoms with Crippen molar-refractivity contribution in [3.05, 3.63) is 102 Å². The first kappa shape index (κ1) is 19.7. The molecule has 3 aromatic carbocycles. The van der Waals surface area contributed by atoms with Gasteiger partial charge in [-0.15, -0.1) is 0 Å². The summed E-state index contributed by atoms with van der Waals surface area (Å²) in [6.45, 7) is 0.644. The van der Waals surface area contributed by atoms with Gasteiger partial charge in [-0.25, -0.2) is 4.39 Å². The molecule has 4 nitrogen and oxygen atoms in total. The van der Waals surface area contributed by atoms with Crippen LogP contribution in [-0.4, -0.2) is 17.6 Å². The standard InChI is InChI=1S/C25H23FN2O2/c1-30-18-12-10-17(11-13-18)15-28-16-22(20-7-3-5-9-24(20)28)21(14-25(27)29)19-6-2-4-8-23(19)26/h2-13,16,21H,14-15H2,1H3,(H2,27,29). The highest BCUT2D eigenvalue weighted by Gasteiger charge is 2.24. The fraction of sp³-hybridized carbons (Fsp3) is 0.160. The predicted molar refractivity (Wildman–Crippen MR) is 116 cm³/mol. The third kappa shape index (κ3) is 3.92. The molecular weight excluding hydrogens is 379 g/mol. The second-order valence-electron chi connectivity index (χ2n) is 7.32. The molecule has 1 unspecified atom stereocenters. The van der Waals surface area contributed by atoms with E-state index in [4.69, 9.17) is 10.5 Å². The molecule has 5 heteroatoms. The van der Waals surface area contributed by atoms with Gasteiger partial charge in [0.05, 0.1) is 7.11 Å². The molecule has 1 heterocycles. The van der Waals surface area contributed by atoms with Gasteiger partial charge in [0.25, 0.3) is 0 Å². The molecule has 4 aromatic rings. The normalized spacial score (nSPS) is 12.1. The van der Waals surface area contributed by atoms with Crippen molar-refractivity contribution in [3.8, 4) is 5.75 Å². The number of ether oxygens (including phenoxy) is 1. The lowest BCUT2D eigenvalue weighted by atomic mass is 9.87. The lowest BCUT2D eigenvalue weighted by Crippen LogP contribution is -2.17. The molecule has 0 bridgehead atoms. The molecule has 4 rings (SSSR count). The van der Waals surface area contributed by atoms with Gasteiger partial charge in [-0.3, -0.25) is 4.79 Å². The van der Waals surface area contributed by atoms with Crippen LogP contribution in [0.5, 0.6) is 5.75 Å². The van der Waals surface area contributed by atoms with E-state index >= 15 is 0 Å². The van der Waals surface area contributed by atoms with E-state index in [9.17, 15) is 9.18 Å². The van der Waals surface area contributed by atoms with E-state index in [0.717, 1.165) is 27.8 Å². The van der Waals surface area contributed by atoms with Crippen LogP contribution in [0.3, 0.4) is 0 Å². The average molecular weight is 402 g/mol. The number of hydrogen-bond donors (Lipinski definition) is 1. The third-order valence-corrected chi connectivity index (χ3v) is 5.39. The topological polar surface area (TPSA) is 57.2 Å². The minimum Gasteiger partial charge on any atom is -0.497 e. The quantitative estimate of drug-likeness (QED) is 0.481. The van der Waals surface area contributed by atoms with Crippen LogP contribution in [0.4, 0.5) is 4.39 Å². The highest BCUT2D eigenvalue weighted by Crippen LogP contribution is 2.36. The fourth-order valence-electron chi connectivity index (χ4n) is 3.96. The average Bonchev–Trinajstić information content (AvgIpc) is 3.11. The zero-order chi connectivity index (χ0) is 21.1. The first-order valence-electron chi connectivity index (χ1n) is 9.80. The number of rotatable bonds is 7. The Morgan fingerprint density at radius 2 is 1.70 bits per heavy atom. The smallest absolute Gasteiger partial charge is 0.218 e. The molecule has 1 amide bonds. The maximum atomic E-state index is 14.6. The number of primary amides is 1. The van der Waals surface area contributed by atoms with Gasteiger partial charge < -0.3 is 15.0 Å². The number of nitrogens with zero attached hydrogens (tertiary/aromatic N) is 1. The number of benzene rings is 3. The minimum atomic E-state index is -0.463. The lowest BCUT2D eigenvalue weighted by Gasteiger charge is -2.16. The summed E-state index contributed by atoms with van der Waals surface area (Å²) in [5.74, 6) is -0.449. The van der Waals surface area contributed by atoms with E-state index < -0.39 is 11.8 Å². The number of carbonyl (C=O) groups excluding carboxylic acids is 1. The van der Waals surface area contributed by atoms with Crippen molar-refractivity contribution >= 4 is 16.8 Å². The summed E-state index contributed by atoms with van der Waals surface area (Å²) >= 11 is 0. The summed E-state index contributed by atoms with van der Waals surface area (Å²) in [6.07, 6.45) is 2.05. The van der Waals surface area contributed by atoms with Gasteiger partial charge in [0.15, 0.2) is 0 Å². The van der Waals surface area contributed by atoms with Crippen LogP contribution in [0.15, 0.2) is 79.0 Å². The Morgan fingerprint density at radius 3 is 2.40 bits per heavy atom. The largest absolute Gasteiger partial charge is 0.497 e. The number of carbonyl (C=O) groups is 1. The number of nitrogens with two attached hydrogens (primary N) is 1. The molecule has 0 aliphatic rings. The molecule has 0 aliphatic carbocycles. The number of amides is 1. The molecular formula is C25H23FN2O2. The van der Waals surface area contributed by atoms with Crippen LogP contribution in [-0.2, 0) is 11.3 Å². The van der Waals surface area contributed by atoms with Crippen molar-refractivity contribution in [2.45, 2.75) is 18.9 Å². The van der Waals surface area contributed by atoms with Gasteiger partial charge in [0.2, 0.25) is 5.91 Å². The number of hydrogen-bond acceptors (Lipinski definition) is 2. The zero-order valence-electron chi connectivity index (χ0n) is 16.7. The fourth-order valence-corrected chi connectivity index (χ4v) is 3.96. The van der Waals surface area contributed by atoms with Crippen molar-refractivity contribution in [3.63, 3.8) is 0 Å². The molecule has 0 aliphatic heterocycles. The number of halogens is 1. The van der Waals surface area contributed by atoms with Gasteiger partial charge in [-0.05, 0) is 41.0 Å². The highest BCUT2D eigenvalue weighted by molar-refractivity contribution is 5.86. The summed E-state index contributed by atoms with van der Waals surface area (Å²) in [7, 11) is 1.64. The molecule has 0 spiro atoms. The highest BCUT2D eigenvalue weighted by atomic mass is 19.1. The van der Waals surface area contributed by atoms with E-state index in [-0.39, 0.29) is 12.2 Å². The van der Waals surface area contributed by atoms with Gasteiger partial charge in [0.1, 0.15) is 11.6 Å². The second kappa shape index (κ2) is 8.41. The van der Waals surface area contributed by atoms with Crippen molar-refractivity contribution < 1.29 is 13.9 Å². The van der Waals surface area contributed by atoms with E-state index in [1.807, 2.05) is 54.7 Å². The maximum Gasteiger partial charge on any atom is 0.218 e. The number of fused-ring (bicyclic) bond motifs is 1. The van der Waals surface area contributed by atoms with Crippen LogP contribution in [0.1, 0.15) is 29.0 Å². The number of methoxy groups -OCH3 is 1. The summed E-state index contributed by atoms with van der Waals surface area (Å²) in [5, 5.41) is 0.987. The summed E-state index contributed by atoms with van der Waals surface area (Å²) < 4.78 is 22.0. The molecule has 0 saturated carbocycles. The van der Waals surface area contributed by atoms with Crippen molar-refractivity contribution in [1.82, 2.24) is 4.57 Å². The van der Waals surface area contributed by atoms with E-state index in [0.29, 0.717) is 12.1 Å². The monoisotopic (exact) mass is 402 g/mol. The van der Waals surface area contributed by atoms with Crippen LogP contribution in [0, 0.1) is 5.82 Å². The molecule has 1 aromatic heterocycles. The second-order valence-corrected chi connectivity index (χ2v) is 7.32. The van der Waals surface area contributed by atoms with E-state index in [2.05, 4.69) is 4.57 Å². The van der Waals surface area contributed by atoms with E-state index in [1.165, 1.54) is 6.07 Å². The number of para-hydroxylation sites is 1. The van der Waals surface area contributed by atoms with Crippen LogP contribution in [0.25, 0.3) is 10.9 Å². The Balaban J connectivity index is 1.81. The Kier molecular flexibility index (Phi) is 5.53. The van der Waals surface area contributed by atoms with Gasteiger partial charge >= 0.3 is 0 Å². The molecule has 0 radical (unpaired) electrons. The van der Waals surface area contributed by atoms with Crippen LogP contribution < -0.4 is 10.5 Å². The molecule has 152 valence electrons.